The van der Waals surface area contributed by atoms with Gasteiger partial charge in [-0.05, 0) is 25.0 Å². The molecule has 29 heavy (non-hydrogen) atoms. The van der Waals surface area contributed by atoms with Gasteiger partial charge in [-0.2, -0.15) is 0 Å². The molecule has 3 aromatic rings. The van der Waals surface area contributed by atoms with Gasteiger partial charge in [0.2, 0.25) is 10.0 Å². The number of aromatic nitrogens is 3. The van der Waals surface area contributed by atoms with Gasteiger partial charge in [-0.25, -0.2) is 23.1 Å². The number of hydrogen-bond acceptors (Lipinski definition) is 7. The summed E-state index contributed by atoms with van der Waals surface area (Å²) in [7, 11) is -3.25. The Morgan fingerprint density at radius 3 is 2.72 bits per heavy atom. The molecule has 0 radical (unpaired) electrons. The number of nitrogens with two attached hydrogens (primary N) is 1. The van der Waals surface area contributed by atoms with Crippen molar-refractivity contribution < 1.29 is 17.9 Å². The highest BCUT2D eigenvalue weighted by Crippen LogP contribution is 2.33. The van der Waals surface area contributed by atoms with Gasteiger partial charge in [0.15, 0.2) is 0 Å². The Labute approximate surface area is 170 Å². The smallest absolute Gasteiger partial charge is 0.208 e. The third-order valence-corrected chi connectivity index (χ3v) is 5.09. The monoisotopic (exact) mass is 421 g/mol. The van der Waals surface area contributed by atoms with Crippen LogP contribution >= 0.6 is 0 Å². The number of hydrogen-bond donors (Lipinski definition) is 3. The minimum absolute atomic E-state index is 0.189. The predicted octanol–water partition coefficient (Wildman–Crippen LogP) is 2.11. The van der Waals surface area contributed by atoms with E-state index in [9.17, 15) is 8.42 Å². The number of imidazole rings is 1. The second-order valence-corrected chi connectivity index (χ2v) is 8.62. The van der Waals surface area contributed by atoms with Gasteiger partial charge in [0.25, 0.3) is 0 Å². The highest BCUT2D eigenvalue weighted by Gasteiger charge is 2.16. The van der Waals surface area contributed by atoms with Crippen LogP contribution in [0.4, 0.5) is 5.82 Å². The Balaban J connectivity index is 1.99. The van der Waals surface area contributed by atoms with E-state index < -0.39 is 10.0 Å². The number of sulfonamides is 1. The number of nitrogens with zero attached hydrogens (tertiary/aromatic N) is 2. The van der Waals surface area contributed by atoms with Gasteiger partial charge >= 0.3 is 0 Å². The van der Waals surface area contributed by atoms with E-state index in [0.29, 0.717) is 41.6 Å². The van der Waals surface area contributed by atoms with Crippen LogP contribution in [0.25, 0.3) is 21.9 Å². The van der Waals surface area contributed by atoms with Crippen LogP contribution in [-0.2, 0) is 27.8 Å². The maximum absolute atomic E-state index is 11.2. The predicted molar refractivity (Wildman–Crippen MR) is 113 cm³/mol. The molecule has 158 valence electrons. The minimum Gasteiger partial charge on any atom is -0.492 e. The summed E-state index contributed by atoms with van der Waals surface area (Å²) in [6, 6.07) is 3.77. The lowest BCUT2D eigenvalue weighted by molar-refractivity contribution is 0.129. The van der Waals surface area contributed by atoms with E-state index in [4.69, 9.17) is 20.2 Å². The zero-order valence-corrected chi connectivity index (χ0v) is 17.7. The van der Waals surface area contributed by atoms with E-state index in [1.54, 1.807) is 0 Å². The SMILES string of the molecule is CCCc1cc(OCCNS(C)(=O)=O)cc2nc(N)c3[nH]c(COCC)nc3c12. The molecular formula is C19H27N5O4S. The van der Waals surface area contributed by atoms with Crippen LogP contribution in [0.1, 0.15) is 31.7 Å². The highest BCUT2D eigenvalue weighted by molar-refractivity contribution is 7.88. The van der Waals surface area contributed by atoms with Crippen molar-refractivity contribution in [2.24, 2.45) is 0 Å². The molecule has 10 heteroatoms. The quantitative estimate of drug-likeness (QED) is 0.427. The molecule has 0 aliphatic rings. The summed E-state index contributed by atoms with van der Waals surface area (Å²) < 4.78 is 36.0. The molecule has 0 atom stereocenters. The summed E-state index contributed by atoms with van der Waals surface area (Å²) in [6.07, 6.45) is 2.88. The topological polar surface area (TPSA) is 132 Å². The molecule has 0 aliphatic heterocycles. The van der Waals surface area contributed by atoms with Crippen LogP contribution in [0.3, 0.4) is 0 Å². The van der Waals surface area contributed by atoms with E-state index in [0.717, 1.165) is 35.6 Å². The first-order chi connectivity index (χ1) is 13.8. The Bertz CT molecular complexity index is 1110. The molecule has 0 saturated carbocycles. The number of rotatable bonds is 10. The molecule has 0 fully saturated rings. The Hall–Kier alpha value is -2.43. The van der Waals surface area contributed by atoms with Crippen molar-refractivity contribution in [3.8, 4) is 5.75 Å². The maximum Gasteiger partial charge on any atom is 0.208 e. The standard InChI is InChI=1S/C19H27N5O4S/c1-4-6-12-9-13(28-8-7-21-29(3,25)26)10-14-16(12)17-18(19(20)22-14)24-15(23-17)11-27-5-2/h9-10,21H,4-8,11H2,1-3H3,(H2,20,22)(H,23,24). The average molecular weight is 422 g/mol. The summed E-state index contributed by atoms with van der Waals surface area (Å²) in [4.78, 5) is 12.4. The van der Waals surface area contributed by atoms with Gasteiger partial charge in [0, 0.05) is 24.6 Å². The second-order valence-electron chi connectivity index (χ2n) is 6.78. The number of fused-ring (bicyclic) bond motifs is 3. The molecule has 0 saturated heterocycles. The molecule has 0 aliphatic carbocycles. The van der Waals surface area contributed by atoms with Crippen molar-refractivity contribution in [3.63, 3.8) is 0 Å². The number of benzene rings is 1. The summed E-state index contributed by atoms with van der Waals surface area (Å²) >= 11 is 0. The first-order valence-electron chi connectivity index (χ1n) is 9.58. The average Bonchev–Trinajstić information content (AvgIpc) is 3.07. The first-order valence-corrected chi connectivity index (χ1v) is 11.5. The molecule has 4 N–H and O–H groups in total. The molecular weight excluding hydrogens is 394 g/mol. The second kappa shape index (κ2) is 8.93. The van der Waals surface area contributed by atoms with Crippen LogP contribution in [0.2, 0.25) is 0 Å². The van der Waals surface area contributed by atoms with Crippen molar-refractivity contribution in [3.05, 3.63) is 23.5 Å². The molecule has 1 aromatic carbocycles. The lowest BCUT2D eigenvalue weighted by Gasteiger charge is -2.12. The number of nitrogen functional groups attached to an aromatic ring is 1. The number of aromatic amines is 1. The van der Waals surface area contributed by atoms with Crippen LogP contribution < -0.4 is 15.2 Å². The largest absolute Gasteiger partial charge is 0.492 e. The molecule has 0 amide bonds. The molecule has 2 heterocycles. The third-order valence-electron chi connectivity index (χ3n) is 4.36. The van der Waals surface area contributed by atoms with E-state index >= 15 is 0 Å². The van der Waals surface area contributed by atoms with Gasteiger partial charge in [0.05, 0.1) is 11.8 Å². The van der Waals surface area contributed by atoms with E-state index in [-0.39, 0.29) is 13.2 Å². The van der Waals surface area contributed by atoms with Crippen molar-refractivity contribution in [1.82, 2.24) is 19.7 Å². The number of aryl methyl sites for hydroxylation is 1. The summed E-state index contributed by atoms with van der Waals surface area (Å²) in [5.41, 5.74) is 9.40. The molecule has 3 rings (SSSR count). The molecule has 0 spiro atoms. The zero-order chi connectivity index (χ0) is 21.0. The fourth-order valence-corrected chi connectivity index (χ4v) is 3.66. The van der Waals surface area contributed by atoms with Crippen molar-refractivity contribution in [2.45, 2.75) is 33.3 Å². The maximum atomic E-state index is 11.2. The normalized spacial score (nSPS) is 12.1. The van der Waals surface area contributed by atoms with Crippen LogP contribution in [0, 0.1) is 0 Å². The minimum atomic E-state index is -3.25. The van der Waals surface area contributed by atoms with E-state index in [2.05, 4.69) is 21.6 Å². The lowest BCUT2D eigenvalue weighted by Crippen LogP contribution is -2.26. The Morgan fingerprint density at radius 2 is 2.03 bits per heavy atom. The van der Waals surface area contributed by atoms with Crippen LogP contribution in [-0.4, -0.2) is 49.4 Å². The molecule has 2 aromatic heterocycles. The van der Waals surface area contributed by atoms with Gasteiger partial charge in [-0.15, -0.1) is 0 Å². The summed E-state index contributed by atoms with van der Waals surface area (Å²) in [5, 5.41) is 0.941. The van der Waals surface area contributed by atoms with E-state index in [1.807, 2.05) is 19.1 Å². The first kappa shape index (κ1) is 21.3. The lowest BCUT2D eigenvalue weighted by atomic mass is 10.0. The molecule has 0 unspecified atom stereocenters. The number of H-pyrrole nitrogens is 1. The fourth-order valence-electron chi connectivity index (χ4n) is 3.21. The molecule has 0 bridgehead atoms. The number of nitrogens with one attached hydrogen (secondary N) is 2. The fraction of sp³-hybridized carbons (Fsp3) is 0.474. The summed E-state index contributed by atoms with van der Waals surface area (Å²) in [5.74, 6) is 1.69. The van der Waals surface area contributed by atoms with Crippen molar-refractivity contribution in [2.75, 3.05) is 31.7 Å². The third kappa shape index (κ3) is 5.14. The highest BCUT2D eigenvalue weighted by atomic mass is 32.2. The van der Waals surface area contributed by atoms with Gasteiger partial charge in [-0.3, -0.25) is 0 Å². The van der Waals surface area contributed by atoms with Gasteiger partial charge in [-0.1, -0.05) is 13.3 Å². The number of anilines is 1. The summed E-state index contributed by atoms with van der Waals surface area (Å²) in [6.45, 7) is 5.41. The molecule has 9 nitrogen and oxygen atoms in total. The van der Waals surface area contributed by atoms with Crippen LogP contribution in [0.15, 0.2) is 12.1 Å². The van der Waals surface area contributed by atoms with Crippen molar-refractivity contribution >= 4 is 37.8 Å². The van der Waals surface area contributed by atoms with E-state index in [1.165, 1.54) is 0 Å². The Morgan fingerprint density at radius 1 is 1.24 bits per heavy atom. The number of pyridine rings is 1. The van der Waals surface area contributed by atoms with Crippen molar-refractivity contribution in [1.29, 1.82) is 0 Å². The van der Waals surface area contributed by atoms with Crippen LogP contribution in [0.5, 0.6) is 5.75 Å². The Kier molecular flexibility index (Phi) is 6.56. The van der Waals surface area contributed by atoms with Gasteiger partial charge < -0.3 is 20.2 Å². The van der Waals surface area contributed by atoms with Gasteiger partial charge in [0.1, 0.15) is 41.6 Å². The zero-order valence-electron chi connectivity index (χ0n) is 16.9. The number of ether oxygens (including phenoxy) is 2.